The zero-order chi connectivity index (χ0) is 23.6. The fourth-order valence-electron chi connectivity index (χ4n) is 3.05. The number of aliphatic carboxylic acids is 1. The Kier molecular flexibility index (Phi) is 11.2. The highest BCUT2D eigenvalue weighted by atomic mass is 31.1. The van der Waals surface area contributed by atoms with E-state index in [1.165, 1.54) is 18.9 Å². The fourth-order valence-corrected chi connectivity index (χ4v) is 3.76. The third kappa shape index (κ3) is 9.07. The number of aryl methyl sites for hydroxylation is 2. The Bertz CT molecular complexity index is 871. The van der Waals surface area contributed by atoms with Gasteiger partial charge in [-0.2, -0.15) is 0 Å². The van der Waals surface area contributed by atoms with Gasteiger partial charge in [0.1, 0.15) is 12.3 Å². The normalized spacial score (nSPS) is 11.3. The maximum Gasteiger partial charge on any atom is 0.322 e. The summed E-state index contributed by atoms with van der Waals surface area (Å²) in [4.78, 5) is 32.4. The van der Waals surface area contributed by atoms with Crippen molar-refractivity contribution in [2.45, 2.75) is 53.1 Å². The Balaban J connectivity index is 0.00000110. The van der Waals surface area contributed by atoms with E-state index in [1.54, 1.807) is 12.1 Å². The van der Waals surface area contributed by atoms with Gasteiger partial charge in [0.2, 0.25) is 0 Å². The maximum absolute atomic E-state index is 12.1. The number of benzene rings is 2. The van der Waals surface area contributed by atoms with Crippen molar-refractivity contribution < 1.29 is 24.7 Å². The number of hydrogen-bond donors (Lipinski definition) is 4. The van der Waals surface area contributed by atoms with Gasteiger partial charge in [-0.1, -0.05) is 44.9 Å². The minimum atomic E-state index is -1.15. The number of amides is 1. The second-order valence-electron chi connectivity index (χ2n) is 7.63. The van der Waals surface area contributed by atoms with Gasteiger partial charge in [0, 0.05) is 14.3 Å². The largest absolute Gasteiger partial charge is 0.507 e. The second kappa shape index (κ2) is 13.1. The van der Waals surface area contributed by atoms with Crippen LogP contribution < -0.4 is 5.32 Å². The summed E-state index contributed by atoms with van der Waals surface area (Å²) in [5.41, 5.74) is 5.33. The predicted octanol–water partition coefficient (Wildman–Crippen LogP) is 4.74. The van der Waals surface area contributed by atoms with E-state index in [0.717, 1.165) is 27.8 Å². The first kappa shape index (κ1) is 26.6. The van der Waals surface area contributed by atoms with E-state index in [4.69, 9.17) is 5.11 Å². The number of carboxylic acids is 1. The molecule has 7 heteroatoms. The molecule has 0 heterocycles. The molecule has 2 rings (SSSR count). The van der Waals surface area contributed by atoms with Crippen LogP contribution in [0.4, 0.5) is 0 Å². The quantitative estimate of drug-likeness (QED) is 0.437. The average molecular weight is 448 g/mol. The number of carbonyl (C=O) groups is 2. The van der Waals surface area contributed by atoms with E-state index in [0.29, 0.717) is 12.6 Å². The lowest BCUT2D eigenvalue weighted by molar-refractivity contribution is -0.135. The van der Waals surface area contributed by atoms with Crippen molar-refractivity contribution in [1.29, 1.82) is 0 Å². The monoisotopic (exact) mass is 447 g/mol. The van der Waals surface area contributed by atoms with E-state index in [2.05, 4.69) is 31.3 Å². The van der Waals surface area contributed by atoms with Gasteiger partial charge in [-0.25, -0.2) is 0 Å². The SMILES string of the molecule is CCCC.Cc1cc(CP(C)O)cc(C)c1Cc1ccc(O)c(C(=O)NCC(=O)O)c1. The van der Waals surface area contributed by atoms with Crippen molar-refractivity contribution in [2.24, 2.45) is 0 Å². The van der Waals surface area contributed by atoms with Crippen LogP contribution in [0.25, 0.3) is 0 Å². The molecule has 0 saturated heterocycles. The molecule has 0 bridgehead atoms. The van der Waals surface area contributed by atoms with Crippen LogP contribution in [-0.4, -0.2) is 40.2 Å². The molecule has 0 radical (unpaired) electrons. The van der Waals surface area contributed by atoms with E-state index in [9.17, 15) is 19.6 Å². The van der Waals surface area contributed by atoms with E-state index < -0.39 is 26.6 Å². The molecular formula is C24H34NO5P. The molecule has 1 atom stereocenters. The molecule has 2 aromatic carbocycles. The van der Waals surface area contributed by atoms with Crippen molar-refractivity contribution in [3.8, 4) is 5.75 Å². The highest BCUT2D eigenvalue weighted by Gasteiger charge is 2.14. The van der Waals surface area contributed by atoms with Crippen molar-refractivity contribution in [2.75, 3.05) is 13.2 Å². The average Bonchev–Trinajstić information content (AvgIpc) is 2.69. The minimum Gasteiger partial charge on any atom is -0.507 e. The number of hydrogen-bond acceptors (Lipinski definition) is 4. The molecule has 4 N–H and O–H groups in total. The Morgan fingerprint density at radius 2 is 1.58 bits per heavy atom. The molecule has 170 valence electrons. The van der Waals surface area contributed by atoms with Crippen LogP contribution in [0.5, 0.6) is 5.75 Å². The predicted molar refractivity (Wildman–Crippen MR) is 126 cm³/mol. The Morgan fingerprint density at radius 3 is 2.06 bits per heavy atom. The van der Waals surface area contributed by atoms with Gasteiger partial charge in [-0.05, 0) is 66.9 Å². The van der Waals surface area contributed by atoms with Gasteiger partial charge >= 0.3 is 5.97 Å². The number of nitrogens with one attached hydrogen (secondary N) is 1. The zero-order valence-electron chi connectivity index (χ0n) is 19.0. The van der Waals surface area contributed by atoms with Gasteiger partial charge in [0.15, 0.2) is 0 Å². The topological polar surface area (TPSA) is 107 Å². The Hall–Kier alpha value is -2.43. The summed E-state index contributed by atoms with van der Waals surface area (Å²) in [6.45, 7) is 9.71. The number of unbranched alkanes of at least 4 members (excludes halogenated alkanes) is 1. The molecule has 0 aliphatic heterocycles. The smallest absolute Gasteiger partial charge is 0.322 e. The fraction of sp³-hybridized carbons (Fsp3) is 0.417. The number of aromatic hydroxyl groups is 1. The lowest BCUT2D eigenvalue weighted by Crippen LogP contribution is -2.29. The van der Waals surface area contributed by atoms with Crippen LogP contribution in [0.2, 0.25) is 0 Å². The summed E-state index contributed by atoms with van der Waals surface area (Å²) in [6, 6.07) is 8.91. The first-order valence-electron chi connectivity index (χ1n) is 10.4. The van der Waals surface area contributed by atoms with Crippen molar-refractivity contribution >= 4 is 20.0 Å². The maximum atomic E-state index is 12.1. The summed E-state index contributed by atoms with van der Waals surface area (Å²) in [7, 11) is -0.997. The third-order valence-corrected chi connectivity index (χ3v) is 5.58. The number of carboxylic acid groups (broad SMARTS) is 1. The van der Waals surface area contributed by atoms with Gasteiger partial charge in [-0.15, -0.1) is 0 Å². The van der Waals surface area contributed by atoms with Crippen molar-refractivity contribution in [1.82, 2.24) is 5.32 Å². The summed E-state index contributed by atoms with van der Waals surface area (Å²) in [5, 5.41) is 20.9. The Morgan fingerprint density at radius 1 is 1.00 bits per heavy atom. The van der Waals surface area contributed by atoms with Crippen LogP contribution in [-0.2, 0) is 17.4 Å². The summed E-state index contributed by atoms with van der Waals surface area (Å²) >= 11 is 0. The summed E-state index contributed by atoms with van der Waals surface area (Å²) < 4.78 is 0. The Labute approximate surface area is 186 Å². The molecule has 0 saturated carbocycles. The number of rotatable bonds is 8. The van der Waals surface area contributed by atoms with Gasteiger partial charge in [0.05, 0.1) is 5.56 Å². The molecule has 1 unspecified atom stereocenters. The molecule has 0 fully saturated rings. The lowest BCUT2D eigenvalue weighted by atomic mass is 9.93. The van der Waals surface area contributed by atoms with Crippen molar-refractivity contribution in [3.63, 3.8) is 0 Å². The molecule has 2 aromatic rings. The lowest BCUT2D eigenvalue weighted by Gasteiger charge is -2.15. The van der Waals surface area contributed by atoms with Crippen molar-refractivity contribution in [3.05, 3.63) is 63.7 Å². The van der Waals surface area contributed by atoms with E-state index in [1.807, 2.05) is 20.5 Å². The summed E-state index contributed by atoms with van der Waals surface area (Å²) in [5.74, 6) is -1.96. The zero-order valence-corrected chi connectivity index (χ0v) is 19.9. The van der Waals surface area contributed by atoms with Crippen LogP contribution in [0, 0.1) is 13.8 Å². The molecular weight excluding hydrogens is 413 g/mol. The first-order valence-corrected chi connectivity index (χ1v) is 12.3. The first-order chi connectivity index (χ1) is 14.6. The number of carbonyl (C=O) groups excluding carboxylic acids is 1. The van der Waals surface area contributed by atoms with Crippen LogP contribution in [0.1, 0.15) is 64.9 Å². The van der Waals surface area contributed by atoms with Crippen LogP contribution in [0.15, 0.2) is 30.3 Å². The second-order valence-corrected chi connectivity index (χ2v) is 9.26. The molecule has 0 spiro atoms. The molecule has 0 aromatic heterocycles. The van der Waals surface area contributed by atoms with Crippen LogP contribution >= 0.6 is 8.15 Å². The highest BCUT2D eigenvalue weighted by molar-refractivity contribution is 7.49. The number of phenolic OH excluding ortho intramolecular Hbond substituents is 1. The minimum absolute atomic E-state index is 0.0533. The van der Waals surface area contributed by atoms with Gasteiger partial charge in [0.25, 0.3) is 5.91 Å². The number of phenols is 1. The molecule has 0 aliphatic rings. The van der Waals surface area contributed by atoms with Gasteiger partial charge in [-0.3, -0.25) is 9.59 Å². The van der Waals surface area contributed by atoms with Gasteiger partial charge < -0.3 is 20.4 Å². The molecule has 6 nitrogen and oxygen atoms in total. The van der Waals surface area contributed by atoms with E-state index >= 15 is 0 Å². The summed E-state index contributed by atoms with van der Waals surface area (Å²) in [6.07, 6.45) is 3.88. The standard InChI is InChI=1S/C20H24NO5P.C4H10/c1-12-6-15(11-27(3)26)7-13(2)16(12)8-14-4-5-18(22)17(9-14)20(25)21-10-19(23)24;1-3-4-2/h4-7,9,22,26H,8,10-11H2,1-3H3,(H,21,25)(H,23,24);3-4H2,1-2H3. The van der Waals surface area contributed by atoms with Crippen LogP contribution in [0.3, 0.4) is 0 Å². The molecule has 1 amide bonds. The third-order valence-electron chi connectivity index (χ3n) is 4.75. The molecule has 0 aliphatic carbocycles. The molecule has 31 heavy (non-hydrogen) atoms. The van der Waals surface area contributed by atoms with E-state index in [-0.39, 0.29) is 11.3 Å². The highest BCUT2D eigenvalue weighted by Crippen LogP contribution is 2.32.